The van der Waals surface area contributed by atoms with Gasteiger partial charge in [0.15, 0.2) is 0 Å². The number of H-pyrrole nitrogens is 1. The van der Waals surface area contributed by atoms with Gasteiger partial charge in [0.05, 0.1) is 11.3 Å². The Labute approximate surface area is 173 Å². The molecule has 5 rings (SSSR count). The second-order valence-electron chi connectivity index (χ2n) is 7.46. The molecule has 0 aliphatic carbocycles. The molecule has 3 aliphatic rings. The number of aromatic amines is 1. The van der Waals surface area contributed by atoms with Gasteiger partial charge in [-0.1, -0.05) is 41.9 Å². The van der Waals surface area contributed by atoms with Gasteiger partial charge in [-0.05, 0) is 36.2 Å². The Balaban J connectivity index is 1.45. The monoisotopic (exact) mass is 404 g/mol. The van der Waals surface area contributed by atoms with E-state index in [1.54, 1.807) is 18.3 Å². The van der Waals surface area contributed by atoms with Crippen molar-refractivity contribution < 1.29 is 0 Å². The van der Waals surface area contributed by atoms with E-state index in [0.29, 0.717) is 10.6 Å². The molecule has 0 spiro atoms. The van der Waals surface area contributed by atoms with Crippen LogP contribution in [0.3, 0.4) is 0 Å². The van der Waals surface area contributed by atoms with Gasteiger partial charge in [-0.15, -0.1) is 0 Å². The molecule has 3 heterocycles. The second-order valence-corrected chi connectivity index (χ2v) is 7.90. The zero-order valence-electron chi connectivity index (χ0n) is 15.9. The van der Waals surface area contributed by atoms with Crippen LogP contribution >= 0.6 is 11.6 Å². The molecule has 6 heteroatoms. The Morgan fingerprint density at radius 1 is 1.07 bits per heavy atom. The van der Waals surface area contributed by atoms with Crippen molar-refractivity contribution in [2.45, 2.75) is 19.4 Å². The molecule has 0 amide bonds. The van der Waals surface area contributed by atoms with Gasteiger partial charge in [0.2, 0.25) is 0 Å². The van der Waals surface area contributed by atoms with Crippen molar-refractivity contribution in [3.8, 4) is 16.9 Å². The zero-order valence-corrected chi connectivity index (χ0v) is 16.7. The smallest absolute Gasteiger partial charge is 0.282 e. The Morgan fingerprint density at radius 2 is 1.86 bits per heavy atom. The van der Waals surface area contributed by atoms with Crippen molar-refractivity contribution in [3.05, 3.63) is 93.0 Å². The molecule has 0 fully saturated rings. The summed E-state index contributed by atoms with van der Waals surface area (Å²) in [5, 5.41) is 5.33. The topological polar surface area (TPSA) is 53.9 Å². The van der Waals surface area contributed by atoms with Crippen molar-refractivity contribution in [2.75, 3.05) is 13.1 Å². The highest BCUT2D eigenvalue weighted by atomic mass is 35.5. The van der Waals surface area contributed by atoms with Crippen LogP contribution in [0.5, 0.6) is 0 Å². The Bertz CT molecular complexity index is 1160. The van der Waals surface area contributed by atoms with Gasteiger partial charge in [0, 0.05) is 48.5 Å². The number of nitrogens with zero attached hydrogens (tertiary/aromatic N) is 3. The van der Waals surface area contributed by atoms with Gasteiger partial charge >= 0.3 is 0 Å². The van der Waals surface area contributed by atoms with E-state index in [0.717, 1.165) is 49.4 Å². The average Bonchev–Trinajstić information content (AvgIpc) is 3.10. The van der Waals surface area contributed by atoms with Crippen molar-refractivity contribution in [2.24, 2.45) is 0 Å². The number of fused-ring (bicyclic) bond motifs is 3. The molecule has 29 heavy (non-hydrogen) atoms. The number of nitrogens with one attached hydrogen (secondary N) is 1. The van der Waals surface area contributed by atoms with Gasteiger partial charge < -0.3 is 4.98 Å². The van der Waals surface area contributed by atoms with Gasteiger partial charge in [-0.25, -0.2) is 0 Å². The Hall–Kier alpha value is -2.89. The first-order valence-corrected chi connectivity index (χ1v) is 10.2. The average molecular weight is 405 g/mol. The second kappa shape index (κ2) is 7.50. The molecule has 2 aromatic rings. The molecular weight excluding hydrogens is 384 g/mol. The molecule has 0 saturated carbocycles. The summed E-state index contributed by atoms with van der Waals surface area (Å²) >= 11 is 5.98. The van der Waals surface area contributed by atoms with Crippen LogP contribution in [0.15, 0.2) is 65.6 Å². The van der Waals surface area contributed by atoms with Crippen LogP contribution in [0.2, 0.25) is 5.02 Å². The summed E-state index contributed by atoms with van der Waals surface area (Å²) in [6, 6.07) is 17.7. The predicted octanol–water partition coefficient (Wildman–Crippen LogP) is 3.92. The summed E-state index contributed by atoms with van der Waals surface area (Å²) in [6.45, 7) is 2.79. The summed E-state index contributed by atoms with van der Waals surface area (Å²) in [5.41, 5.74) is 5.69. The third kappa shape index (κ3) is 3.48. The van der Waals surface area contributed by atoms with Crippen molar-refractivity contribution in [1.82, 2.24) is 19.7 Å². The minimum atomic E-state index is -0.109. The van der Waals surface area contributed by atoms with E-state index in [2.05, 4.69) is 34.1 Å². The molecule has 3 aliphatic heterocycles. The molecule has 0 unspecified atom stereocenters. The lowest BCUT2D eigenvalue weighted by Gasteiger charge is -2.29. The number of pyridine rings is 1. The fourth-order valence-corrected chi connectivity index (χ4v) is 4.13. The van der Waals surface area contributed by atoms with Gasteiger partial charge in [-0.2, -0.15) is 9.78 Å². The maximum absolute atomic E-state index is 12.9. The molecular formula is C23H21ClN4O. The zero-order chi connectivity index (χ0) is 19.8. The first kappa shape index (κ1) is 18.2. The largest absolute Gasteiger partial charge is 0.364 e. The number of rotatable bonds is 4. The minimum Gasteiger partial charge on any atom is -0.364 e. The first-order valence-electron chi connectivity index (χ1n) is 9.83. The lowest BCUT2D eigenvalue weighted by atomic mass is 9.99. The van der Waals surface area contributed by atoms with E-state index in [1.165, 1.54) is 15.9 Å². The fraction of sp³-hybridized carbons (Fsp3) is 0.217. The van der Waals surface area contributed by atoms with Crippen LogP contribution < -0.4 is 5.56 Å². The summed E-state index contributed by atoms with van der Waals surface area (Å²) < 4.78 is 1.47. The highest BCUT2D eigenvalue weighted by Gasteiger charge is 2.26. The third-order valence-corrected chi connectivity index (χ3v) is 5.86. The summed E-state index contributed by atoms with van der Waals surface area (Å²) in [5.74, 6) is 0. The van der Waals surface area contributed by atoms with Crippen LogP contribution in [0.1, 0.15) is 16.8 Å². The number of hydrogen-bond acceptors (Lipinski definition) is 3. The predicted molar refractivity (Wildman–Crippen MR) is 115 cm³/mol. The third-order valence-electron chi connectivity index (χ3n) is 5.61. The van der Waals surface area contributed by atoms with E-state index < -0.39 is 0 Å². The molecule has 0 atom stereocenters. The van der Waals surface area contributed by atoms with Gasteiger partial charge in [-0.3, -0.25) is 9.69 Å². The molecule has 0 bridgehead atoms. The van der Waals surface area contributed by atoms with Crippen LogP contribution in [0.4, 0.5) is 0 Å². The molecule has 0 saturated heterocycles. The van der Waals surface area contributed by atoms with E-state index in [4.69, 9.17) is 16.7 Å². The molecule has 5 nitrogen and oxygen atoms in total. The van der Waals surface area contributed by atoms with Crippen LogP contribution in [-0.2, 0) is 19.4 Å². The highest BCUT2D eigenvalue weighted by Crippen LogP contribution is 2.28. The lowest BCUT2D eigenvalue weighted by molar-refractivity contribution is 0.255. The van der Waals surface area contributed by atoms with E-state index in [1.807, 2.05) is 18.2 Å². The standard InChI is InChI=1S/C23H21ClN4O/c24-17-6-8-18(9-7-17)28-23(29)19-14-25-21-11-13-27(15-20(21)22(19)26-28)12-10-16-4-2-1-3-5-16/h1-9,14,25H,10-13,15H2. The Morgan fingerprint density at radius 3 is 2.66 bits per heavy atom. The number of halogens is 1. The van der Waals surface area contributed by atoms with Crippen LogP contribution in [0.25, 0.3) is 16.9 Å². The SMILES string of the molecule is O=c1c2c[nH]c3c(c-2nn1-c1ccc(Cl)cc1)CN(CCc1ccccc1)CC3. The normalized spacial score (nSPS) is 14.2. The van der Waals surface area contributed by atoms with Crippen molar-refractivity contribution in [1.29, 1.82) is 0 Å². The molecule has 0 aromatic heterocycles. The van der Waals surface area contributed by atoms with Crippen LogP contribution in [-0.4, -0.2) is 32.8 Å². The maximum Gasteiger partial charge on any atom is 0.282 e. The number of aromatic nitrogens is 3. The van der Waals surface area contributed by atoms with Crippen molar-refractivity contribution in [3.63, 3.8) is 0 Å². The molecule has 1 N–H and O–H groups in total. The number of hydrogen-bond donors (Lipinski definition) is 1. The molecule has 2 aromatic carbocycles. The van der Waals surface area contributed by atoms with E-state index in [-0.39, 0.29) is 5.56 Å². The quantitative estimate of drug-likeness (QED) is 0.561. The summed E-state index contributed by atoms with van der Waals surface area (Å²) in [6.07, 6.45) is 3.75. The minimum absolute atomic E-state index is 0.109. The Kier molecular flexibility index (Phi) is 4.70. The van der Waals surface area contributed by atoms with Gasteiger partial charge in [0.25, 0.3) is 5.56 Å². The highest BCUT2D eigenvalue weighted by molar-refractivity contribution is 6.30. The molecule has 0 radical (unpaired) electrons. The molecule has 146 valence electrons. The summed E-state index contributed by atoms with van der Waals surface area (Å²) in [7, 11) is 0. The van der Waals surface area contributed by atoms with E-state index >= 15 is 0 Å². The fourth-order valence-electron chi connectivity index (χ4n) is 4.00. The number of benzene rings is 2. The summed E-state index contributed by atoms with van der Waals surface area (Å²) in [4.78, 5) is 18.7. The maximum atomic E-state index is 12.9. The van der Waals surface area contributed by atoms with Gasteiger partial charge in [0.1, 0.15) is 5.69 Å². The van der Waals surface area contributed by atoms with E-state index in [9.17, 15) is 4.79 Å². The van der Waals surface area contributed by atoms with Crippen LogP contribution in [0, 0.1) is 0 Å². The lowest BCUT2D eigenvalue weighted by Crippen LogP contribution is -2.33. The van der Waals surface area contributed by atoms with Crippen molar-refractivity contribution >= 4 is 11.6 Å². The first-order chi connectivity index (χ1) is 14.2.